The molecule has 0 fully saturated rings. The third kappa shape index (κ3) is 4.67. The van der Waals surface area contributed by atoms with E-state index in [9.17, 15) is 9.59 Å². The van der Waals surface area contributed by atoms with Crippen LogP contribution < -0.4 is 10.6 Å². The van der Waals surface area contributed by atoms with Crippen LogP contribution in [0.1, 0.15) is 28.5 Å². The Kier molecular flexibility index (Phi) is 5.64. The summed E-state index contributed by atoms with van der Waals surface area (Å²) in [4.78, 5) is 33.3. The van der Waals surface area contributed by atoms with Gasteiger partial charge in [-0.25, -0.2) is 9.97 Å². The van der Waals surface area contributed by atoms with Gasteiger partial charge in [0.25, 0.3) is 5.91 Å². The SMILES string of the molecule is CCc1ccc2nc(NC(=O)Cc3csc(NC(=O)c4ccccc4)n3)sc2c1. The monoisotopic (exact) mass is 422 g/mol. The van der Waals surface area contributed by atoms with Crippen LogP contribution in [-0.2, 0) is 17.6 Å². The maximum absolute atomic E-state index is 12.4. The molecule has 2 aromatic carbocycles. The van der Waals surface area contributed by atoms with Gasteiger partial charge in [-0.1, -0.05) is 42.5 Å². The highest BCUT2D eigenvalue weighted by Gasteiger charge is 2.13. The van der Waals surface area contributed by atoms with Crippen molar-refractivity contribution in [2.24, 2.45) is 0 Å². The van der Waals surface area contributed by atoms with Crippen LogP contribution in [0.4, 0.5) is 10.3 Å². The van der Waals surface area contributed by atoms with Crippen LogP contribution in [0.15, 0.2) is 53.9 Å². The maximum Gasteiger partial charge on any atom is 0.257 e. The van der Waals surface area contributed by atoms with Gasteiger partial charge in [0.1, 0.15) is 0 Å². The summed E-state index contributed by atoms with van der Waals surface area (Å²) in [6, 6.07) is 15.1. The molecule has 2 amide bonds. The van der Waals surface area contributed by atoms with Gasteiger partial charge in [-0.15, -0.1) is 11.3 Å². The molecule has 0 saturated carbocycles. The van der Waals surface area contributed by atoms with Gasteiger partial charge >= 0.3 is 0 Å². The molecule has 0 unspecified atom stereocenters. The molecule has 0 saturated heterocycles. The quantitative estimate of drug-likeness (QED) is 0.470. The van der Waals surface area contributed by atoms with E-state index in [0.29, 0.717) is 21.5 Å². The molecule has 4 rings (SSSR count). The predicted octanol–water partition coefficient (Wildman–Crippen LogP) is 4.75. The number of benzene rings is 2. The van der Waals surface area contributed by atoms with E-state index in [0.717, 1.165) is 16.6 Å². The second kappa shape index (κ2) is 8.50. The largest absolute Gasteiger partial charge is 0.302 e. The van der Waals surface area contributed by atoms with Crippen LogP contribution in [0.2, 0.25) is 0 Å². The molecule has 4 aromatic rings. The summed E-state index contributed by atoms with van der Waals surface area (Å²) < 4.78 is 1.05. The first-order valence-electron chi connectivity index (χ1n) is 9.11. The van der Waals surface area contributed by atoms with Gasteiger partial charge in [0, 0.05) is 10.9 Å². The molecule has 0 atom stereocenters. The van der Waals surface area contributed by atoms with E-state index in [1.54, 1.807) is 29.6 Å². The number of carbonyl (C=O) groups is 2. The van der Waals surface area contributed by atoms with Crippen molar-refractivity contribution in [3.63, 3.8) is 0 Å². The number of hydrogen-bond donors (Lipinski definition) is 2. The second-order valence-corrected chi connectivity index (χ2v) is 8.25. The highest BCUT2D eigenvalue weighted by atomic mass is 32.1. The lowest BCUT2D eigenvalue weighted by Crippen LogP contribution is -2.15. The first-order valence-corrected chi connectivity index (χ1v) is 10.8. The third-order valence-corrected chi connectivity index (χ3v) is 6.00. The van der Waals surface area contributed by atoms with Gasteiger partial charge in [-0.3, -0.25) is 14.9 Å². The summed E-state index contributed by atoms with van der Waals surface area (Å²) in [6.07, 6.45) is 1.08. The zero-order valence-corrected chi connectivity index (χ0v) is 17.3. The summed E-state index contributed by atoms with van der Waals surface area (Å²) in [7, 11) is 0. The van der Waals surface area contributed by atoms with Crippen LogP contribution in [0.25, 0.3) is 10.2 Å². The molecule has 2 N–H and O–H groups in total. The Balaban J connectivity index is 1.37. The molecule has 0 aliphatic rings. The van der Waals surface area contributed by atoms with E-state index >= 15 is 0 Å². The number of aromatic nitrogens is 2. The van der Waals surface area contributed by atoms with Gasteiger partial charge < -0.3 is 5.32 Å². The Morgan fingerprint density at radius 2 is 1.83 bits per heavy atom. The molecule has 8 heteroatoms. The lowest BCUT2D eigenvalue weighted by molar-refractivity contribution is -0.115. The molecule has 0 bridgehead atoms. The van der Waals surface area contributed by atoms with Crippen LogP contribution in [-0.4, -0.2) is 21.8 Å². The number of rotatable bonds is 6. The van der Waals surface area contributed by atoms with Crippen molar-refractivity contribution < 1.29 is 9.59 Å². The maximum atomic E-state index is 12.4. The standard InChI is InChI=1S/C21H18N4O2S2/c1-2-13-8-9-16-17(10-13)29-21(23-16)24-18(26)11-15-12-28-20(22-15)25-19(27)14-6-4-3-5-7-14/h3-10,12H,2,11H2,1H3,(H,22,25,27)(H,23,24,26). The molecule has 0 spiro atoms. The number of nitrogens with one attached hydrogen (secondary N) is 2. The van der Waals surface area contributed by atoms with E-state index in [-0.39, 0.29) is 18.2 Å². The highest BCUT2D eigenvalue weighted by molar-refractivity contribution is 7.22. The molecule has 0 aliphatic carbocycles. The van der Waals surface area contributed by atoms with Crippen molar-refractivity contribution in [1.29, 1.82) is 0 Å². The second-order valence-electron chi connectivity index (χ2n) is 6.36. The van der Waals surface area contributed by atoms with Gasteiger partial charge in [0.15, 0.2) is 10.3 Å². The van der Waals surface area contributed by atoms with E-state index < -0.39 is 0 Å². The average Bonchev–Trinajstić information content (AvgIpc) is 3.33. The molecule has 29 heavy (non-hydrogen) atoms. The van der Waals surface area contributed by atoms with Crippen molar-refractivity contribution >= 4 is 55.0 Å². The smallest absolute Gasteiger partial charge is 0.257 e. The summed E-state index contributed by atoms with van der Waals surface area (Å²) in [6.45, 7) is 2.11. The van der Waals surface area contributed by atoms with Crippen molar-refractivity contribution in [3.05, 3.63) is 70.7 Å². The minimum Gasteiger partial charge on any atom is -0.302 e. The van der Waals surface area contributed by atoms with Crippen molar-refractivity contribution in [1.82, 2.24) is 9.97 Å². The topological polar surface area (TPSA) is 84.0 Å². The number of aryl methyl sites for hydroxylation is 1. The molecule has 6 nitrogen and oxygen atoms in total. The van der Waals surface area contributed by atoms with Gasteiger partial charge in [-0.05, 0) is 36.2 Å². The molecule has 2 aromatic heterocycles. The fraction of sp³-hybridized carbons (Fsp3) is 0.143. The van der Waals surface area contributed by atoms with Crippen molar-refractivity contribution in [2.75, 3.05) is 10.6 Å². The van der Waals surface area contributed by atoms with Gasteiger partial charge in [0.05, 0.1) is 22.3 Å². The number of anilines is 2. The molecule has 0 radical (unpaired) electrons. The Morgan fingerprint density at radius 3 is 2.62 bits per heavy atom. The van der Waals surface area contributed by atoms with Crippen LogP contribution >= 0.6 is 22.7 Å². The zero-order chi connectivity index (χ0) is 20.2. The summed E-state index contributed by atoms with van der Waals surface area (Å²) in [5.41, 5.74) is 3.28. The summed E-state index contributed by atoms with van der Waals surface area (Å²) in [5.74, 6) is -0.414. The first kappa shape index (κ1) is 19.2. The molecule has 0 aliphatic heterocycles. The van der Waals surface area contributed by atoms with Crippen LogP contribution in [0, 0.1) is 0 Å². The Hall–Kier alpha value is -3.10. The lowest BCUT2D eigenvalue weighted by atomic mass is 10.2. The predicted molar refractivity (Wildman–Crippen MR) is 118 cm³/mol. The first-order chi connectivity index (χ1) is 14.1. The van der Waals surface area contributed by atoms with E-state index in [4.69, 9.17) is 0 Å². The van der Waals surface area contributed by atoms with E-state index in [2.05, 4.69) is 33.6 Å². The summed E-state index contributed by atoms with van der Waals surface area (Å²) >= 11 is 2.75. The van der Waals surface area contributed by atoms with E-state index in [1.165, 1.54) is 28.2 Å². The Morgan fingerprint density at radius 1 is 1.00 bits per heavy atom. The Labute approximate surface area is 175 Å². The highest BCUT2D eigenvalue weighted by Crippen LogP contribution is 2.27. The Bertz CT molecular complexity index is 1170. The normalized spacial score (nSPS) is 10.8. The van der Waals surface area contributed by atoms with Gasteiger partial charge in [0.2, 0.25) is 5.91 Å². The minimum atomic E-state index is -0.225. The number of carbonyl (C=O) groups excluding carboxylic acids is 2. The van der Waals surface area contributed by atoms with Crippen molar-refractivity contribution in [3.8, 4) is 0 Å². The fourth-order valence-electron chi connectivity index (χ4n) is 2.77. The number of nitrogens with zero attached hydrogens (tertiary/aromatic N) is 2. The zero-order valence-electron chi connectivity index (χ0n) is 15.6. The fourth-order valence-corrected chi connectivity index (χ4v) is 4.43. The number of amides is 2. The minimum absolute atomic E-state index is 0.119. The third-order valence-electron chi connectivity index (χ3n) is 4.26. The van der Waals surface area contributed by atoms with Crippen LogP contribution in [0.3, 0.4) is 0 Å². The summed E-state index contributed by atoms with van der Waals surface area (Å²) in [5, 5.41) is 8.41. The lowest BCUT2D eigenvalue weighted by Gasteiger charge is -2.01. The molecule has 2 heterocycles. The number of hydrogen-bond acceptors (Lipinski definition) is 6. The molecular formula is C21H18N4O2S2. The van der Waals surface area contributed by atoms with Gasteiger partial charge in [-0.2, -0.15) is 0 Å². The number of fused-ring (bicyclic) bond motifs is 1. The van der Waals surface area contributed by atoms with E-state index in [1.807, 2.05) is 18.2 Å². The molecular weight excluding hydrogens is 404 g/mol. The average molecular weight is 423 g/mol. The van der Waals surface area contributed by atoms with Crippen LogP contribution in [0.5, 0.6) is 0 Å². The van der Waals surface area contributed by atoms with Crippen molar-refractivity contribution in [2.45, 2.75) is 19.8 Å². The number of thiazole rings is 2. The molecule has 146 valence electrons.